The molecule has 0 unspecified atom stereocenters. The molecule has 0 radical (unpaired) electrons. The van der Waals surface area contributed by atoms with Gasteiger partial charge in [-0.1, -0.05) is 13.3 Å². The standard InChI is InChI=1S/C9H11N3S2/c1-2-3-4-7-10-5-6-8(13)12-14-9(6)11-7/h5H,2-4H2,1H3,(H,12,13). The Balaban J connectivity index is 2.32. The van der Waals surface area contributed by atoms with Crippen molar-refractivity contribution in [2.24, 2.45) is 0 Å². The van der Waals surface area contributed by atoms with Crippen LogP contribution < -0.4 is 0 Å². The number of aromatic nitrogens is 3. The highest BCUT2D eigenvalue weighted by molar-refractivity contribution is 7.80. The molecule has 0 spiro atoms. The van der Waals surface area contributed by atoms with Crippen LogP contribution in [0, 0.1) is 0 Å². The molecule has 0 aliphatic carbocycles. The molecule has 0 atom stereocenters. The Morgan fingerprint density at radius 3 is 3.14 bits per heavy atom. The molecule has 5 heteroatoms. The van der Waals surface area contributed by atoms with Crippen molar-refractivity contribution in [1.29, 1.82) is 0 Å². The normalized spacial score (nSPS) is 11.0. The number of aryl methyl sites for hydroxylation is 1. The summed E-state index contributed by atoms with van der Waals surface area (Å²) in [7, 11) is 0. The summed E-state index contributed by atoms with van der Waals surface area (Å²) in [5.74, 6) is 0.913. The number of rotatable bonds is 3. The monoisotopic (exact) mass is 225 g/mol. The van der Waals surface area contributed by atoms with Gasteiger partial charge < -0.3 is 0 Å². The molecule has 0 aliphatic heterocycles. The van der Waals surface area contributed by atoms with Gasteiger partial charge in [-0.15, -0.1) is 12.6 Å². The SMILES string of the molecule is CCCCc1ncc2c(S)nsc2n1. The molecule has 0 bridgehead atoms. The van der Waals surface area contributed by atoms with E-state index in [1.54, 1.807) is 0 Å². The lowest BCUT2D eigenvalue weighted by Crippen LogP contribution is -1.93. The minimum Gasteiger partial charge on any atom is -0.241 e. The number of hydrogen-bond acceptors (Lipinski definition) is 5. The Hall–Kier alpha value is -0.680. The van der Waals surface area contributed by atoms with E-state index in [1.807, 2.05) is 6.20 Å². The van der Waals surface area contributed by atoms with E-state index in [-0.39, 0.29) is 0 Å². The second kappa shape index (κ2) is 4.23. The van der Waals surface area contributed by atoms with Gasteiger partial charge in [0.25, 0.3) is 0 Å². The number of thiol groups is 1. The summed E-state index contributed by atoms with van der Waals surface area (Å²) in [5, 5.41) is 1.69. The Labute approximate surface area is 92.2 Å². The van der Waals surface area contributed by atoms with Gasteiger partial charge >= 0.3 is 0 Å². The molecule has 0 saturated carbocycles. The molecule has 74 valence electrons. The number of unbranched alkanes of at least 4 members (excludes halogenated alkanes) is 1. The summed E-state index contributed by atoms with van der Waals surface area (Å²) >= 11 is 5.61. The van der Waals surface area contributed by atoms with Gasteiger partial charge in [0.05, 0.1) is 5.39 Å². The summed E-state index contributed by atoms with van der Waals surface area (Å²) in [5.41, 5.74) is 0. The Morgan fingerprint density at radius 1 is 1.50 bits per heavy atom. The van der Waals surface area contributed by atoms with Crippen molar-refractivity contribution >= 4 is 34.4 Å². The highest BCUT2D eigenvalue weighted by atomic mass is 32.1. The first-order chi connectivity index (χ1) is 6.81. The van der Waals surface area contributed by atoms with Crippen LogP contribution in [0.5, 0.6) is 0 Å². The molecule has 0 aliphatic rings. The minimum atomic E-state index is 0.729. The summed E-state index contributed by atoms with van der Waals surface area (Å²) in [6, 6.07) is 0. The zero-order valence-electron chi connectivity index (χ0n) is 7.90. The van der Waals surface area contributed by atoms with Crippen molar-refractivity contribution in [3.8, 4) is 0 Å². The van der Waals surface area contributed by atoms with Gasteiger partial charge in [0.15, 0.2) is 0 Å². The lowest BCUT2D eigenvalue weighted by molar-refractivity contribution is 0.757. The van der Waals surface area contributed by atoms with Crippen LogP contribution in [0.3, 0.4) is 0 Å². The molecule has 0 aromatic carbocycles. The average molecular weight is 225 g/mol. The van der Waals surface area contributed by atoms with Crippen LogP contribution in [0.4, 0.5) is 0 Å². The quantitative estimate of drug-likeness (QED) is 0.816. The third-order valence-corrected chi connectivity index (χ3v) is 3.25. The van der Waals surface area contributed by atoms with E-state index in [9.17, 15) is 0 Å². The van der Waals surface area contributed by atoms with Crippen LogP contribution in [-0.2, 0) is 6.42 Å². The first kappa shape index (κ1) is 9.86. The molecule has 0 fully saturated rings. The molecule has 0 saturated heterocycles. The summed E-state index contributed by atoms with van der Waals surface area (Å²) < 4.78 is 4.12. The fraction of sp³-hybridized carbons (Fsp3) is 0.444. The van der Waals surface area contributed by atoms with Crippen LogP contribution in [0.25, 0.3) is 10.2 Å². The van der Waals surface area contributed by atoms with E-state index in [0.29, 0.717) is 0 Å². The molecular weight excluding hydrogens is 214 g/mol. The van der Waals surface area contributed by atoms with Crippen molar-refractivity contribution in [2.45, 2.75) is 31.2 Å². The first-order valence-electron chi connectivity index (χ1n) is 4.61. The van der Waals surface area contributed by atoms with Gasteiger partial charge in [-0.05, 0) is 18.0 Å². The zero-order valence-corrected chi connectivity index (χ0v) is 9.61. The van der Waals surface area contributed by atoms with E-state index in [2.05, 4.69) is 33.9 Å². The average Bonchev–Trinajstić information content (AvgIpc) is 2.57. The third kappa shape index (κ3) is 1.88. The molecule has 2 aromatic rings. The van der Waals surface area contributed by atoms with Crippen LogP contribution in [0.1, 0.15) is 25.6 Å². The smallest absolute Gasteiger partial charge is 0.148 e. The Kier molecular flexibility index (Phi) is 2.98. The summed E-state index contributed by atoms with van der Waals surface area (Å²) in [4.78, 5) is 9.65. The molecule has 0 amide bonds. The zero-order chi connectivity index (χ0) is 9.97. The fourth-order valence-electron chi connectivity index (χ4n) is 1.21. The second-order valence-electron chi connectivity index (χ2n) is 3.11. The van der Waals surface area contributed by atoms with Crippen molar-refractivity contribution in [1.82, 2.24) is 14.3 Å². The molecular formula is C9H11N3S2. The molecule has 2 aromatic heterocycles. The van der Waals surface area contributed by atoms with Crippen molar-refractivity contribution in [3.05, 3.63) is 12.0 Å². The van der Waals surface area contributed by atoms with E-state index in [4.69, 9.17) is 0 Å². The van der Waals surface area contributed by atoms with Gasteiger partial charge in [-0.3, -0.25) is 0 Å². The highest BCUT2D eigenvalue weighted by Gasteiger charge is 2.05. The van der Waals surface area contributed by atoms with E-state index < -0.39 is 0 Å². The molecule has 2 rings (SSSR count). The maximum Gasteiger partial charge on any atom is 0.148 e. The maximum absolute atomic E-state index is 4.43. The van der Waals surface area contributed by atoms with Gasteiger partial charge in [0, 0.05) is 12.6 Å². The molecule has 0 N–H and O–H groups in total. The van der Waals surface area contributed by atoms with Crippen LogP contribution >= 0.6 is 24.2 Å². The maximum atomic E-state index is 4.43. The topological polar surface area (TPSA) is 38.7 Å². The molecule has 14 heavy (non-hydrogen) atoms. The molecule has 3 nitrogen and oxygen atoms in total. The van der Waals surface area contributed by atoms with Gasteiger partial charge in [-0.25, -0.2) is 9.97 Å². The van der Waals surface area contributed by atoms with E-state index in [0.717, 1.165) is 33.9 Å². The number of nitrogens with zero attached hydrogens (tertiary/aromatic N) is 3. The van der Waals surface area contributed by atoms with Crippen LogP contribution in [-0.4, -0.2) is 14.3 Å². The van der Waals surface area contributed by atoms with Crippen molar-refractivity contribution in [3.63, 3.8) is 0 Å². The predicted octanol–water partition coefficient (Wildman–Crippen LogP) is 2.72. The predicted molar refractivity (Wildman–Crippen MR) is 61.1 cm³/mol. The number of hydrogen-bond donors (Lipinski definition) is 1. The minimum absolute atomic E-state index is 0.729. The van der Waals surface area contributed by atoms with Crippen molar-refractivity contribution < 1.29 is 0 Å². The van der Waals surface area contributed by atoms with Crippen LogP contribution in [0.2, 0.25) is 0 Å². The van der Waals surface area contributed by atoms with Gasteiger partial charge in [0.2, 0.25) is 0 Å². The Bertz CT molecular complexity index is 439. The largest absolute Gasteiger partial charge is 0.241 e. The van der Waals surface area contributed by atoms with E-state index >= 15 is 0 Å². The van der Waals surface area contributed by atoms with Crippen LogP contribution in [0.15, 0.2) is 11.2 Å². The third-order valence-electron chi connectivity index (χ3n) is 2.02. The summed E-state index contributed by atoms with van der Waals surface area (Å²) in [6.45, 7) is 2.16. The van der Waals surface area contributed by atoms with Gasteiger partial charge in [0.1, 0.15) is 15.7 Å². The summed E-state index contributed by atoms with van der Waals surface area (Å²) in [6.07, 6.45) is 5.07. The van der Waals surface area contributed by atoms with E-state index in [1.165, 1.54) is 18.0 Å². The lowest BCUT2D eigenvalue weighted by atomic mass is 10.2. The fourth-order valence-corrected chi connectivity index (χ4v) is 2.24. The van der Waals surface area contributed by atoms with Crippen molar-refractivity contribution in [2.75, 3.05) is 0 Å². The number of fused-ring (bicyclic) bond motifs is 1. The second-order valence-corrected chi connectivity index (χ2v) is 4.29. The lowest BCUT2D eigenvalue weighted by Gasteiger charge is -1.96. The highest BCUT2D eigenvalue weighted by Crippen LogP contribution is 2.22. The first-order valence-corrected chi connectivity index (χ1v) is 5.83. The van der Waals surface area contributed by atoms with Gasteiger partial charge in [-0.2, -0.15) is 4.37 Å². The molecule has 2 heterocycles. The Morgan fingerprint density at radius 2 is 2.36 bits per heavy atom.